The Balaban J connectivity index is 2.35. The number of ether oxygens (including phenoxy) is 3. The maximum atomic E-state index is 12.6. The SMILES string of the molecule is COc1c2c(c(OC)c3occc13)O[C@@](O)(C(Cl)(Cl)Cl)CC2=O. The van der Waals surface area contributed by atoms with Crippen LogP contribution in [0, 0.1) is 0 Å². The predicted octanol–water partition coefficient (Wildman–Crippen LogP) is 3.47. The first kappa shape index (κ1) is 16.5. The van der Waals surface area contributed by atoms with E-state index in [4.69, 9.17) is 53.4 Å². The largest absolute Gasteiger partial charge is 0.495 e. The molecule has 2 heterocycles. The van der Waals surface area contributed by atoms with Gasteiger partial charge < -0.3 is 23.7 Å². The van der Waals surface area contributed by atoms with Crippen molar-refractivity contribution in [3.63, 3.8) is 0 Å². The molecule has 0 fully saturated rings. The van der Waals surface area contributed by atoms with E-state index in [1.165, 1.54) is 20.5 Å². The Kier molecular flexibility index (Phi) is 3.84. The van der Waals surface area contributed by atoms with Crippen LogP contribution in [0.3, 0.4) is 0 Å². The summed E-state index contributed by atoms with van der Waals surface area (Å²) in [5, 5.41) is 11.0. The normalized spacial score (nSPS) is 21.0. The van der Waals surface area contributed by atoms with Gasteiger partial charge in [0.2, 0.25) is 5.75 Å². The Bertz CT molecular complexity index is 794. The summed E-state index contributed by atoms with van der Waals surface area (Å²) in [6, 6.07) is 1.62. The molecule has 0 amide bonds. The average Bonchev–Trinajstić information content (AvgIpc) is 2.92. The summed E-state index contributed by atoms with van der Waals surface area (Å²) in [7, 11) is 2.76. The van der Waals surface area contributed by atoms with Gasteiger partial charge in [-0.15, -0.1) is 0 Å². The molecule has 1 aliphatic heterocycles. The molecule has 0 saturated carbocycles. The number of aliphatic hydroxyl groups is 1. The van der Waals surface area contributed by atoms with E-state index in [1.54, 1.807) is 6.07 Å². The lowest BCUT2D eigenvalue weighted by molar-refractivity contribution is -0.136. The van der Waals surface area contributed by atoms with Crippen molar-refractivity contribution in [1.29, 1.82) is 0 Å². The number of carbonyl (C=O) groups excluding carboxylic acids is 1. The predicted molar refractivity (Wildman–Crippen MR) is 84.1 cm³/mol. The summed E-state index contributed by atoms with van der Waals surface area (Å²) in [5.41, 5.74) is 0.377. The molecule has 0 spiro atoms. The topological polar surface area (TPSA) is 78.1 Å². The number of Topliss-reactive ketones (excluding diaryl/α,β-unsaturated/α-hetero) is 1. The van der Waals surface area contributed by atoms with Crippen molar-refractivity contribution in [1.82, 2.24) is 0 Å². The highest BCUT2D eigenvalue weighted by Gasteiger charge is 2.55. The molecule has 1 aliphatic rings. The summed E-state index contributed by atoms with van der Waals surface area (Å²) in [5.74, 6) is -2.63. The van der Waals surface area contributed by atoms with Crippen LogP contribution < -0.4 is 14.2 Å². The fourth-order valence-electron chi connectivity index (χ4n) is 2.54. The number of alkyl halides is 3. The Labute approximate surface area is 145 Å². The van der Waals surface area contributed by atoms with Crippen LogP contribution in [-0.4, -0.2) is 34.7 Å². The van der Waals surface area contributed by atoms with E-state index in [9.17, 15) is 9.90 Å². The number of hydrogen-bond acceptors (Lipinski definition) is 6. The van der Waals surface area contributed by atoms with Gasteiger partial charge in [0.25, 0.3) is 9.58 Å². The molecule has 1 N–H and O–H groups in total. The summed E-state index contributed by atoms with van der Waals surface area (Å²) in [4.78, 5) is 12.6. The van der Waals surface area contributed by atoms with Crippen LogP contribution >= 0.6 is 34.8 Å². The van der Waals surface area contributed by atoms with Crippen LogP contribution in [0.2, 0.25) is 0 Å². The molecule has 0 bridgehead atoms. The number of ketones is 1. The van der Waals surface area contributed by atoms with E-state index in [-0.39, 0.29) is 28.4 Å². The maximum Gasteiger partial charge on any atom is 0.263 e. The van der Waals surface area contributed by atoms with Gasteiger partial charge in [0.1, 0.15) is 11.3 Å². The summed E-state index contributed by atoms with van der Waals surface area (Å²) >= 11 is 17.3. The second-order valence-electron chi connectivity index (χ2n) is 4.92. The third-order valence-corrected chi connectivity index (χ3v) is 4.46. The van der Waals surface area contributed by atoms with Gasteiger partial charge in [0, 0.05) is 0 Å². The second kappa shape index (κ2) is 5.34. The number of rotatable bonds is 2. The highest BCUT2D eigenvalue weighted by Crippen LogP contribution is 2.53. The van der Waals surface area contributed by atoms with Gasteiger partial charge >= 0.3 is 0 Å². The molecule has 0 unspecified atom stereocenters. The number of hydrogen-bond donors (Lipinski definition) is 1. The molecule has 0 saturated heterocycles. The van der Waals surface area contributed by atoms with Crippen molar-refractivity contribution < 1.29 is 28.5 Å². The van der Waals surface area contributed by atoms with Crippen LogP contribution in [0.15, 0.2) is 16.7 Å². The number of carbonyl (C=O) groups is 1. The van der Waals surface area contributed by atoms with Crippen molar-refractivity contribution in [3.05, 3.63) is 17.9 Å². The minimum atomic E-state index is -2.35. The zero-order valence-electron chi connectivity index (χ0n) is 12.0. The molecule has 3 rings (SSSR count). The first-order chi connectivity index (χ1) is 10.7. The summed E-state index contributed by atoms with van der Waals surface area (Å²) in [6.07, 6.45) is 0.853. The third-order valence-electron chi connectivity index (χ3n) is 3.58. The van der Waals surface area contributed by atoms with Crippen LogP contribution in [0.4, 0.5) is 0 Å². The van der Waals surface area contributed by atoms with E-state index < -0.39 is 21.8 Å². The third kappa shape index (κ3) is 2.32. The molecule has 1 atom stereocenters. The number of benzene rings is 1. The van der Waals surface area contributed by atoms with Crippen LogP contribution in [0.25, 0.3) is 11.0 Å². The van der Waals surface area contributed by atoms with Gasteiger partial charge in [-0.25, -0.2) is 0 Å². The van der Waals surface area contributed by atoms with E-state index in [0.29, 0.717) is 5.39 Å². The van der Waals surface area contributed by atoms with Gasteiger partial charge in [0.05, 0.1) is 32.3 Å². The van der Waals surface area contributed by atoms with Crippen molar-refractivity contribution >= 4 is 51.6 Å². The van der Waals surface area contributed by atoms with Gasteiger partial charge in [-0.05, 0) is 6.07 Å². The van der Waals surface area contributed by atoms with Crippen molar-refractivity contribution in [2.75, 3.05) is 14.2 Å². The first-order valence-corrected chi connectivity index (χ1v) is 7.53. The Morgan fingerprint density at radius 1 is 1.26 bits per heavy atom. The van der Waals surface area contributed by atoms with Crippen LogP contribution in [0.1, 0.15) is 16.8 Å². The Hall–Kier alpha value is -1.34. The molecular weight excluding hydrogens is 371 g/mol. The number of furan rings is 1. The Morgan fingerprint density at radius 3 is 2.48 bits per heavy atom. The number of methoxy groups -OCH3 is 2. The van der Waals surface area contributed by atoms with Crippen molar-refractivity contribution in [3.8, 4) is 17.2 Å². The fourth-order valence-corrected chi connectivity index (χ4v) is 2.85. The zero-order valence-corrected chi connectivity index (χ0v) is 14.3. The summed E-state index contributed by atoms with van der Waals surface area (Å²) < 4.78 is 19.2. The number of halogens is 3. The monoisotopic (exact) mass is 380 g/mol. The maximum absolute atomic E-state index is 12.6. The summed E-state index contributed by atoms with van der Waals surface area (Å²) in [6.45, 7) is 0. The van der Waals surface area contributed by atoms with E-state index in [2.05, 4.69) is 0 Å². The molecule has 0 radical (unpaired) electrons. The van der Waals surface area contributed by atoms with Crippen molar-refractivity contribution in [2.45, 2.75) is 16.0 Å². The van der Waals surface area contributed by atoms with Gasteiger partial charge in [0.15, 0.2) is 17.1 Å². The first-order valence-electron chi connectivity index (χ1n) is 6.40. The molecule has 2 aromatic rings. The minimum Gasteiger partial charge on any atom is -0.495 e. The smallest absolute Gasteiger partial charge is 0.263 e. The van der Waals surface area contributed by atoms with Gasteiger partial charge in [-0.1, -0.05) is 34.8 Å². The second-order valence-corrected chi connectivity index (χ2v) is 7.20. The molecule has 6 nitrogen and oxygen atoms in total. The zero-order chi connectivity index (χ0) is 17.0. The van der Waals surface area contributed by atoms with E-state index in [0.717, 1.165) is 0 Å². The molecule has 23 heavy (non-hydrogen) atoms. The quantitative estimate of drug-likeness (QED) is 0.803. The fraction of sp³-hybridized carbons (Fsp3) is 0.357. The lowest BCUT2D eigenvalue weighted by Crippen LogP contribution is -2.52. The van der Waals surface area contributed by atoms with Crippen molar-refractivity contribution in [2.24, 2.45) is 0 Å². The molecule has 1 aromatic carbocycles. The minimum absolute atomic E-state index is 0.0946. The van der Waals surface area contributed by atoms with Crippen LogP contribution in [0.5, 0.6) is 17.2 Å². The van der Waals surface area contributed by atoms with E-state index >= 15 is 0 Å². The highest BCUT2D eigenvalue weighted by molar-refractivity contribution is 6.68. The number of fused-ring (bicyclic) bond motifs is 2. The highest BCUT2D eigenvalue weighted by atomic mass is 35.6. The average molecular weight is 382 g/mol. The molecule has 0 aliphatic carbocycles. The van der Waals surface area contributed by atoms with Crippen LogP contribution in [-0.2, 0) is 0 Å². The Morgan fingerprint density at radius 2 is 1.91 bits per heavy atom. The molecular formula is C14H11Cl3O6. The van der Waals surface area contributed by atoms with Gasteiger partial charge in [-0.3, -0.25) is 4.79 Å². The lowest BCUT2D eigenvalue weighted by Gasteiger charge is -2.38. The lowest BCUT2D eigenvalue weighted by atomic mass is 9.96. The molecule has 1 aromatic heterocycles. The van der Waals surface area contributed by atoms with E-state index in [1.807, 2.05) is 0 Å². The standard InChI is InChI=1S/C14H11Cl3O6/c1-20-9-6-3-4-22-10(6)12(21-2)11-8(9)7(18)5-13(19,23-11)14(15,16)17/h3-4,19H,5H2,1-2H3/t13-/m1/s1. The van der Waals surface area contributed by atoms with Gasteiger partial charge in [-0.2, -0.15) is 0 Å². The molecule has 9 heteroatoms. The molecule has 124 valence electrons.